The number of aryl methyl sites for hydroxylation is 1. The van der Waals surface area contributed by atoms with Gasteiger partial charge in [0.25, 0.3) is 0 Å². The summed E-state index contributed by atoms with van der Waals surface area (Å²) in [5, 5.41) is 0. The number of benzene rings is 1. The van der Waals surface area contributed by atoms with Crippen LogP contribution in [-0.2, 0) is 17.9 Å². The number of pyridine rings is 1. The zero-order valence-corrected chi connectivity index (χ0v) is 17.0. The molecule has 0 fully saturated rings. The molecule has 0 aliphatic heterocycles. The number of carbonyl (C=O) groups excluding carboxylic acids is 1. The van der Waals surface area contributed by atoms with E-state index < -0.39 is 0 Å². The third kappa shape index (κ3) is 4.78. The van der Waals surface area contributed by atoms with Crippen LogP contribution in [0.3, 0.4) is 0 Å². The van der Waals surface area contributed by atoms with Gasteiger partial charge in [-0.2, -0.15) is 0 Å². The van der Waals surface area contributed by atoms with Crippen molar-refractivity contribution in [1.82, 2.24) is 14.3 Å². The number of imidazole rings is 1. The van der Waals surface area contributed by atoms with E-state index in [-0.39, 0.29) is 5.91 Å². The van der Waals surface area contributed by atoms with Gasteiger partial charge in [0.05, 0.1) is 12.2 Å². The first-order valence-electron chi connectivity index (χ1n) is 9.71. The number of rotatable bonds is 7. The highest BCUT2D eigenvalue weighted by molar-refractivity contribution is 5.91. The van der Waals surface area contributed by atoms with Gasteiger partial charge in [0.1, 0.15) is 29.5 Å². The van der Waals surface area contributed by atoms with Crippen molar-refractivity contribution in [3.05, 3.63) is 95.8 Å². The van der Waals surface area contributed by atoms with Gasteiger partial charge >= 0.3 is 0 Å². The minimum Gasteiger partial charge on any atom is -0.487 e. The monoisotopic (exact) mass is 401 g/mol. The zero-order chi connectivity index (χ0) is 20.9. The Hall–Kier alpha value is -3.80. The van der Waals surface area contributed by atoms with Gasteiger partial charge in [-0.15, -0.1) is 0 Å². The summed E-state index contributed by atoms with van der Waals surface area (Å²) in [5.41, 5.74) is 2.68. The second-order valence-corrected chi connectivity index (χ2v) is 7.10. The quantitative estimate of drug-likeness (QED) is 0.428. The lowest BCUT2D eigenvalue weighted by Crippen LogP contribution is -2.23. The molecule has 0 atom stereocenters. The van der Waals surface area contributed by atoms with Crippen molar-refractivity contribution < 1.29 is 13.9 Å². The molecule has 30 heavy (non-hydrogen) atoms. The molecule has 0 unspecified atom stereocenters. The highest BCUT2D eigenvalue weighted by Crippen LogP contribution is 2.16. The standard InChI is InChI=1S/C24H23N3O3/c1-18-6-10-22(30-18)16-26(2)24(28)13-9-19-7-11-21(12-8-19)29-17-20-15-27-14-4-3-5-23(27)25-20/h3-15H,16-17H2,1-2H3/b13-9+. The molecule has 6 heteroatoms. The second kappa shape index (κ2) is 8.69. The lowest BCUT2D eigenvalue weighted by atomic mass is 10.2. The molecule has 0 aliphatic rings. The fourth-order valence-corrected chi connectivity index (χ4v) is 3.07. The fraction of sp³-hybridized carbons (Fsp3) is 0.167. The highest BCUT2D eigenvalue weighted by atomic mass is 16.5. The summed E-state index contributed by atoms with van der Waals surface area (Å²) in [6.07, 6.45) is 7.26. The van der Waals surface area contributed by atoms with Crippen LogP contribution in [0.2, 0.25) is 0 Å². The van der Waals surface area contributed by atoms with Crippen LogP contribution in [0.25, 0.3) is 11.7 Å². The van der Waals surface area contributed by atoms with Crippen LogP contribution in [0.15, 0.2) is 77.5 Å². The zero-order valence-electron chi connectivity index (χ0n) is 17.0. The maximum Gasteiger partial charge on any atom is 0.246 e. The molecule has 3 heterocycles. The summed E-state index contributed by atoms with van der Waals surface area (Å²) in [5.74, 6) is 2.27. The largest absolute Gasteiger partial charge is 0.487 e. The number of furan rings is 1. The molecule has 0 radical (unpaired) electrons. The molecular weight excluding hydrogens is 378 g/mol. The van der Waals surface area contributed by atoms with E-state index in [2.05, 4.69) is 4.98 Å². The van der Waals surface area contributed by atoms with Gasteiger partial charge in [-0.25, -0.2) is 4.98 Å². The maximum absolute atomic E-state index is 12.3. The van der Waals surface area contributed by atoms with E-state index in [1.807, 2.05) is 78.3 Å². The Morgan fingerprint density at radius 2 is 2.00 bits per heavy atom. The molecular formula is C24H23N3O3. The number of hydrogen-bond donors (Lipinski definition) is 0. The van der Waals surface area contributed by atoms with Crippen molar-refractivity contribution in [2.45, 2.75) is 20.1 Å². The van der Waals surface area contributed by atoms with E-state index >= 15 is 0 Å². The van der Waals surface area contributed by atoms with E-state index in [0.29, 0.717) is 13.2 Å². The van der Waals surface area contributed by atoms with E-state index in [1.54, 1.807) is 24.1 Å². The van der Waals surface area contributed by atoms with Crippen molar-refractivity contribution in [2.75, 3.05) is 7.05 Å². The summed E-state index contributed by atoms with van der Waals surface area (Å²) in [6, 6.07) is 17.3. The molecule has 1 aromatic carbocycles. The molecule has 0 aliphatic carbocycles. The Morgan fingerprint density at radius 3 is 2.73 bits per heavy atom. The van der Waals surface area contributed by atoms with Crippen LogP contribution < -0.4 is 4.74 Å². The molecule has 6 nitrogen and oxygen atoms in total. The van der Waals surface area contributed by atoms with Crippen LogP contribution in [0.4, 0.5) is 0 Å². The Balaban J connectivity index is 1.30. The minimum atomic E-state index is -0.0868. The van der Waals surface area contributed by atoms with Crippen LogP contribution in [-0.4, -0.2) is 27.2 Å². The number of aromatic nitrogens is 2. The maximum atomic E-state index is 12.3. The van der Waals surface area contributed by atoms with Gasteiger partial charge in [0.15, 0.2) is 0 Å². The molecule has 4 aromatic rings. The van der Waals surface area contributed by atoms with E-state index in [4.69, 9.17) is 9.15 Å². The van der Waals surface area contributed by atoms with Crippen molar-refractivity contribution in [3.63, 3.8) is 0 Å². The first-order valence-corrected chi connectivity index (χ1v) is 9.71. The predicted molar refractivity (Wildman–Crippen MR) is 115 cm³/mol. The summed E-state index contributed by atoms with van der Waals surface area (Å²) in [7, 11) is 1.75. The van der Waals surface area contributed by atoms with E-state index in [1.165, 1.54) is 0 Å². The average molecular weight is 401 g/mol. The second-order valence-electron chi connectivity index (χ2n) is 7.10. The third-order valence-electron chi connectivity index (χ3n) is 4.66. The Labute approximate surface area is 175 Å². The van der Waals surface area contributed by atoms with E-state index in [0.717, 1.165) is 34.2 Å². The smallest absolute Gasteiger partial charge is 0.246 e. The molecule has 0 N–H and O–H groups in total. The van der Waals surface area contributed by atoms with Gasteiger partial charge in [-0.3, -0.25) is 4.79 Å². The summed E-state index contributed by atoms with van der Waals surface area (Å²) < 4.78 is 13.3. The van der Waals surface area contributed by atoms with Gasteiger partial charge in [-0.05, 0) is 55.0 Å². The number of ether oxygens (including phenoxy) is 1. The van der Waals surface area contributed by atoms with Crippen LogP contribution in [0.1, 0.15) is 22.8 Å². The molecule has 0 bridgehead atoms. The van der Waals surface area contributed by atoms with E-state index in [9.17, 15) is 4.79 Å². The van der Waals surface area contributed by atoms with Crippen LogP contribution in [0, 0.1) is 6.92 Å². The average Bonchev–Trinajstić information content (AvgIpc) is 3.36. The molecule has 152 valence electrons. The van der Waals surface area contributed by atoms with Crippen molar-refractivity contribution in [1.29, 1.82) is 0 Å². The van der Waals surface area contributed by atoms with Gasteiger partial charge in [0, 0.05) is 25.5 Å². The van der Waals surface area contributed by atoms with Crippen LogP contribution in [0.5, 0.6) is 5.75 Å². The summed E-state index contributed by atoms with van der Waals surface area (Å²) in [4.78, 5) is 18.4. The third-order valence-corrected chi connectivity index (χ3v) is 4.66. The molecule has 3 aromatic heterocycles. The molecule has 0 saturated heterocycles. The molecule has 1 amide bonds. The normalized spacial score (nSPS) is 11.3. The fourth-order valence-electron chi connectivity index (χ4n) is 3.07. The summed E-state index contributed by atoms with van der Waals surface area (Å²) in [6.45, 7) is 2.72. The SMILES string of the molecule is Cc1ccc(CN(C)C(=O)/C=C/c2ccc(OCc3cn4ccccc4n3)cc2)o1. The molecule has 4 rings (SSSR count). The Bertz CT molecular complexity index is 1140. The lowest BCUT2D eigenvalue weighted by molar-refractivity contribution is -0.125. The van der Waals surface area contributed by atoms with Gasteiger partial charge in [-0.1, -0.05) is 18.2 Å². The topological polar surface area (TPSA) is 60.0 Å². The number of nitrogens with zero attached hydrogens (tertiary/aromatic N) is 3. The van der Waals surface area contributed by atoms with Crippen molar-refractivity contribution >= 4 is 17.6 Å². The first kappa shape index (κ1) is 19.5. The van der Waals surface area contributed by atoms with Crippen LogP contribution >= 0.6 is 0 Å². The van der Waals surface area contributed by atoms with Crippen molar-refractivity contribution in [2.24, 2.45) is 0 Å². The Kier molecular flexibility index (Phi) is 5.66. The number of likely N-dealkylation sites (N-methyl/N-ethyl adjacent to an activating group) is 1. The number of amides is 1. The first-order chi connectivity index (χ1) is 14.6. The number of fused-ring (bicyclic) bond motifs is 1. The lowest BCUT2D eigenvalue weighted by Gasteiger charge is -2.13. The number of hydrogen-bond acceptors (Lipinski definition) is 4. The minimum absolute atomic E-state index is 0.0868. The highest BCUT2D eigenvalue weighted by Gasteiger charge is 2.08. The van der Waals surface area contributed by atoms with Gasteiger partial charge in [0.2, 0.25) is 5.91 Å². The van der Waals surface area contributed by atoms with Gasteiger partial charge < -0.3 is 18.5 Å². The molecule has 0 saturated carbocycles. The predicted octanol–water partition coefficient (Wildman–Crippen LogP) is 4.49. The molecule has 0 spiro atoms. The van der Waals surface area contributed by atoms with Crippen molar-refractivity contribution in [3.8, 4) is 5.75 Å². The summed E-state index contributed by atoms with van der Waals surface area (Å²) >= 11 is 0. The number of carbonyl (C=O) groups is 1. The Morgan fingerprint density at radius 1 is 1.17 bits per heavy atom.